The zero-order valence-electron chi connectivity index (χ0n) is 8.36. The van der Waals surface area contributed by atoms with Crippen molar-refractivity contribution in [2.75, 3.05) is 6.61 Å². The van der Waals surface area contributed by atoms with E-state index >= 15 is 0 Å². The van der Waals surface area contributed by atoms with Gasteiger partial charge in [-0.15, -0.1) is 0 Å². The minimum Gasteiger partial charge on any atom is -0.267 e. The highest BCUT2D eigenvalue weighted by atomic mass is 32.2. The van der Waals surface area contributed by atoms with E-state index in [0.29, 0.717) is 6.32 Å². The van der Waals surface area contributed by atoms with Crippen molar-refractivity contribution in [3.63, 3.8) is 0 Å². The highest BCUT2D eigenvalue weighted by Crippen LogP contribution is 2.17. The Balaban J connectivity index is 3.18. The van der Waals surface area contributed by atoms with Crippen molar-refractivity contribution < 1.29 is 12.6 Å². The van der Waals surface area contributed by atoms with Gasteiger partial charge in [-0.25, -0.2) is 0 Å². The van der Waals surface area contributed by atoms with E-state index < -0.39 is 10.1 Å². The van der Waals surface area contributed by atoms with Gasteiger partial charge >= 0.3 is 0 Å². The average Bonchev–Trinajstić information content (AvgIpc) is 2.18. The molecule has 0 fully saturated rings. The van der Waals surface area contributed by atoms with Crippen LogP contribution in [0.1, 0.15) is 12.5 Å². The Morgan fingerprint density at radius 3 is 2.57 bits per heavy atom. The van der Waals surface area contributed by atoms with E-state index in [1.165, 1.54) is 0 Å². The Morgan fingerprint density at radius 1 is 1.36 bits per heavy atom. The van der Waals surface area contributed by atoms with Gasteiger partial charge in [-0.05, 0) is 18.6 Å². The lowest BCUT2D eigenvalue weighted by Crippen LogP contribution is -2.08. The largest absolute Gasteiger partial charge is 0.297 e. The van der Waals surface area contributed by atoms with Gasteiger partial charge in [-0.2, -0.15) is 8.42 Å². The summed E-state index contributed by atoms with van der Waals surface area (Å²) in [5, 5.41) is 0. The highest BCUT2D eigenvalue weighted by molar-refractivity contribution is 7.86. The van der Waals surface area contributed by atoms with Gasteiger partial charge < -0.3 is 0 Å². The predicted molar refractivity (Wildman–Crippen MR) is 57.5 cm³/mol. The lowest BCUT2D eigenvalue weighted by Gasteiger charge is -2.07. The molecule has 0 unspecified atom stereocenters. The quantitative estimate of drug-likeness (QED) is 0.540. The van der Waals surface area contributed by atoms with Crippen LogP contribution in [0.15, 0.2) is 29.2 Å². The summed E-state index contributed by atoms with van der Waals surface area (Å²) in [4.78, 5) is 0.282. The summed E-state index contributed by atoms with van der Waals surface area (Å²) in [5.74, 6) is 0. The molecule has 0 saturated carbocycles. The Hall–Kier alpha value is -0.805. The Kier molecular flexibility index (Phi) is 3.72. The summed E-state index contributed by atoms with van der Waals surface area (Å²) in [6, 6.07) is 6.89. The summed E-state index contributed by atoms with van der Waals surface area (Å²) < 4.78 is 27.9. The van der Waals surface area contributed by atoms with Crippen LogP contribution in [-0.2, 0) is 20.6 Å². The minimum absolute atomic E-state index is 0.167. The molecule has 0 aliphatic rings. The molecule has 1 aromatic carbocycles. The summed E-state index contributed by atoms with van der Waals surface area (Å²) in [7, 11) is -1.64. The van der Waals surface area contributed by atoms with E-state index in [1.54, 1.807) is 25.1 Å². The first-order valence-electron chi connectivity index (χ1n) is 4.59. The summed E-state index contributed by atoms with van der Waals surface area (Å²) in [5.41, 5.74) is 0.793. The molecule has 0 saturated heterocycles. The molecule has 0 atom stereocenters. The zero-order chi connectivity index (χ0) is 10.6. The van der Waals surface area contributed by atoms with Gasteiger partial charge in [0.2, 0.25) is 0 Å². The molecule has 14 heavy (non-hydrogen) atoms. The van der Waals surface area contributed by atoms with Crippen LogP contribution < -0.4 is 0 Å². The second-order valence-electron chi connectivity index (χ2n) is 2.82. The maximum atomic E-state index is 11.6. The van der Waals surface area contributed by atoms with Crippen LogP contribution in [-0.4, -0.2) is 22.9 Å². The van der Waals surface area contributed by atoms with Gasteiger partial charge in [0.1, 0.15) is 7.85 Å². The van der Waals surface area contributed by atoms with Crippen molar-refractivity contribution >= 4 is 18.0 Å². The summed E-state index contributed by atoms with van der Waals surface area (Å²) in [6.45, 7) is 1.83. The lowest BCUT2D eigenvalue weighted by atomic mass is 9.97. The topological polar surface area (TPSA) is 43.4 Å². The number of hydrogen-bond donors (Lipinski definition) is 0. The summed E-state index contributed by atoms with van der Waals surface area (Å²) in [6.07, 6.45) is 0.683. The SMILES string of the molecule is BCc1ccccc1S(=O)(=O)OCC. The molecule has 1 aromatic rings. The Morgan fingerprint density at radius 2 is 2.00 bits per heavy atom. The van der Waals surface area contributed by atoms with Crippen LogP contribution in [0.2, 0.25) is 0 Å². The third kappa shape index (κ3) is 2.36. The van der Waals surface area contributed by atoms with Crippen molar-refractivity contribution in [3.05, 3.63) is 29.8 Å². The molecule has 5 heteroatoms. The molecule has 1 rings (SSSR count). The highest BCUT2D eigenvalue weighted by Gasteiger charge is 2.16. The zero-order valence-corrected chi connectivity index (χ0v) is 9.17. The molecule has 3 nitrogen and oxygen atoms in total. The van der Waals surface area contributed by atoms with Crippen LogP contribution in [0, 0.1) is 0 Å². The molecule has 0 radical (unpaired) electrons. The van der Waals surface area contributed by atoms with Gasteiger partial charge in [0.15, 0.2) is 0 Å². The van der Waals surface area contributed by atoms with E-state index in [1.807, 2.05) is 13.9 Å². The van der Waals surface area contributed by atoms with Crippen molar-refractivity contribution in [2.24, 2.45) is 0 Å². The molecule has 0 aliphatic carbocycles. The molecule has 76 valence electrons. The first-order chi connectivity index (χ1) is 6.61. The van der Waals surface area contributed by atoms with Crippen LogP contribution in [0.3, 0.4) is 0 Å². The minimum atomic E-state index is -3.55. The van der Waals surface area contributed by atoms with Crippen molar-refractivity contribution in [1.29, 1.82) is 0 Å². The average molecular weight is 212 g/mol. The number of hydrogen-bond acceptors (Lipinski definition) is 3. The van der Waals surface area contributed by atoms with Gasteiger partial charge in [0.05, 0.1) is 11.5 Å². The van der Waals surface area contributed by atoms with E-state index in [4.69, 9.17) is 4.18 Å². The molecule has 0 N–H and O–H groups in total. The van der Waals surface area contributed by atoms with Crippen molar-refractivity contribution in [3.8, 4) is 0 Å². The maximum absolute atomic E-state index is 11.6. The second-order valence-corrected chi connectivity index (χ2v) is 4.41. The third-order valence-corrected chi connectivity index (χ3v) is 3.38. The van der Waals surface area contributed by atoms with Crippen LogP contribution in [0.25, 0.3) is 0 Å². The fourth-order valence-electron chi connectivity index (χ4n) is 1.26. The molecule has 0 bridgehead atoms. The van der Waals surface area contributed by atoms with Crippen LogP contribution >= 0.6 is 0 Å². The fourth-order valence-corrected chi connectivity index (χ4v) is 2.47. The monoisotopic (exact) mass is 212 g/mol. The summed E-state index contributed by atoms with van der Waals surface area (Å²) >= 11 is 0. The second kappa shape index (κ2) is 4.62. The third-order valence-electron chi connectivity index (χ3n) is 1.90. The first-order valence-corrected chi connectivity index (χ1v) is 6.00. The Labute approximate surface area is 85.6 Å². The van der Waals surface area contributed by atoms with Crippen molar-refractivity contribution in [1.82, 2.24) is 0 Å². The smallest absolute Gasteiger partial charge is 0.267 e. The maximum Gasteiger partial charge on any atom is 0.297 e. The van der Waals surface area contributed by atoms with Gasteiger partial charge in [0.25, 0.3) is 10.1 Å². The number of rotatable bonds is 4. The van der Waals surface area contributed by atoms with Crippen molar-refractivity contribution in [2.45, 2.75) is 18.1 Å². The molecule has 0 aromatic heterocycles. The molecular weight excluding hydrogens is 199 g/mol. The molecule has 0 spiro atoms. The fraction of sp³-hybridized carbons (Fsp3) is 0.333. The molecule has 0 amide bonds. The van der Waals surface area contributed by atoms with Gasteiger partial charge in [0, 0.05) is 0 Å². The van der Waals surface area contributed by atoms with E-state index in [0.717, 1.165) is 5.56 Å². The van der Waals surface area contributed by atoms with Gasteiger partial charge in [-0.3, -0.25) is 4.18 Å². The molecule has 0 heterocycles. The molecule has 0 aliphatic heterocycles. The molecular formula is C9H13BO3S. The van der Waals surface area contributed by atoms with Crippen LogP contribution in [0.4, 0.5) is 0 Å². The number of benzene rings is 1. The van der Waals surface area contributed by atoms with E-state index in [2.05, 4.69) is 0 Å². The van der Waals surface area contributed by atoms with E-state index in [9.17, 15) is 8.42 Å². The first kappa shape index (κ1) is 11.3. The van der Waals surface area contributed by atoms with E-state index in [-0.39, 0.29) is 11.5 Å². The normalized spacial score (nSPS) is 11.5. The van der Waals surface area contributed by atoms with Crippen LogP contribution in [0.5, 0.6) is 0 Å². The lowest BCUT2D eigenvalue weighted by molar-refractivity contribution is 0.338. The standard InChI is InChI=1S/C9H13BO3S/c1-2-13-14(11,12)9-6-4-3-5-8(9)7-10/h3-6H,2,7,10H2,1H3. The van der Waals surface area contributed by atoms with Gasteiger partial charge in [-0.1, -0.05) is 24.5 Å². The Bertz CT molecular complexity index is 400. The predicted octanol–water partition coefficient (Wildman–Crippen LogP) is 0.545.